The molecule has 0 unspecified atom stereocenters. The van der Waals surface area contributed by atoms with Crippen molar-refractivity contribution < 1.29 is 20.3 Å². The summed E-state index contributed by atoms with van der Waals surface area (Å²) in [6.45, 7) is 1.85. The van der Waals surface area contributed by atoms with E-state index in [4.69, 9.17) is 5.11 Å². The number of carbonyl (C=O) groups is 1. The summed E-state index contributed by atoms with van der Waals surface area (Å²) in [6, 6.07) is 0. The summed E-state index contributed by atoms with van der Waals surface area (Å²) >= 11 is 0. The Morgan fingerprint density at radius 1 is 1.75 bits per heavy atom. The summed E-state index contributed by atoms with van der Waals surface area (Å²) < 4.78 is 3.96. The Morgan fingerprint density at radius 3 is 2.12 bits per heavy atom. The first-order valence-electron chi connectivity index (χ1n) is 1.63. The fourth-order valence-electron chi connectivity index (χ4n) is 0.123. The van der Waals surface area contributed by atoms with Crippen LogP contribution < -0.4 is 0 Å². The first kappa shape index (κ1) is 15.9. The van der Waals surface area contributed by atoms with Crippen LogP contribution >= 0.6 is 0 Å². The van der Waals surface area contributed by atoms with Crippen molar-refractivity contribution in [2.24, 2.45) is 0 Å². The van der Waals surface area contributed by atoms with Crippen molar-refractivity contribution in [1.82, 2.24) is 0 Å². The van der Waals surface area contributed by atoms with E-state index in [0.717, 1.165) is 0 Å². The van der Waals surface area contributed by atoms with Crippen LogP contribution in [-0.4, -0.2) is 64.0 Å². The van der Waals surface area contributed by atoms with E-state index in [1.807, 2.05) is 0 Å². The maximum atomic E-state index is 9.38. The molecule has 0 saturated carbocycles. The maximum Gasteiger partial charge on any atom is 2.00 e. The molecule has 0 aromatic rings. The molecule has 1 N–H and O–H groups in total. The summed E-state index contributed by atoms with van der Waals surface area (Å²) in [5, 5.41) is 7.69. The fourth-order valence-corrected chi connectivity index (χ4v) is 0.123. The second kappa shape index (κ2) is 10.7. The van der Waals surface area contributed by atoms with Crippen LogP contribution in [0, 0.1) is 0 Å². The third-order valence-electron chi connectivity index (χ3n) is 0.268. The molecule has 0 saturated heterocycles. The molecule has 0 fully saturated rings. The SMILES string of the molecule is CCOC(=O)O.[H-].[H-].[H-].[H-].[Mg+2].[Mg+2]. The first-order chi connectivity index (χ1) is 2.77. The minimum atomic E-state index is -1.21. The van der Waals surface area contributed by atoms with Gasteiger partial charge >= 0.3 is 52.3 Å². The zero-order chi connectivity index (χ0) is 4.99. The van der Waals surface area contributed by atoms with Crippen LogP contribution in [0.25, 0.3) is 0 Å². The molecule has 5 heteroatoms. The molecule has 0 bridgehead atoms. The van der Waals surface area contributed by atoms with Crippen molar-refractivity contribution in [3.8, 4) is 0 Å². The Morgan fingerprint density at radius 2 is 2.12 bits per heavy atom. The molecule has 0 heterocycles. The average molecular weight is 143 g/mol. The van der Waals surface area contributed by atoms with E-state index in [9.17, 15) is 4.79 Å². The van der Waals surface area contributed by atoms with Crippen molar-refractivity contribution in [1.29, 1.82) is 0 Å². The Labute approximate surface area is 86.0 Å². The number of carboxylic acid groups (broad SMARTS) is 1. The van der Waals surface area contributed by atoms with Crippen molar-refractivity contribution >= 4 is 52.3 Å². The summed E-state index contributed by atoms with van der Waals surface area (Å²) in [5.41, 5.74) is 0. The van der Waals surface area contributed by atoms with Gasteiger partial charge in [-0.3, -0.25) is 0 Å². The van der Waals surface area contributed by atoms with Gasteiger partial charge in [0, 0.05) is 0 Å². The fraction of sp³-hybridized carbons (Fsp3) is 0.667. The van der Waals surface area contributed by atoms with Crippen LogP contribution in [0.3, 0.4) is 0 Å². The van der Waals surface area contributed by atoms with E-state index in [-0.39, 0.29) is 58.4 Å². The molecular formula is C3H10Mg2O3. The largest absolute Gasteiger partial charge is 2.00 e. The Hall–Kier alpha value is 0.802. The summed E-state index contributed by atoms with van der Waals surface area (Å²) in [7, 11) is 0. The average Bonchev–Trinajstić information content (AvgIpc) is 1.35. The van der Waals surface area contributed by atoms with Crippen molar-refractivity contribution in [2.75, 3.05) is 6.61 Å². The van der Waals surface area contributed by atoms with Gasteiger partial charge in [-0.05, 0) is 6.92 Å². The van der Waals surface area contributed by atoms with E-state index in [0.29, 0.717) is 0 Å². The molecule has 0 rings (SSSR count). The molecule has 0 aliphatic carbocycles. The summed E-state index contributed by atoms with van der Waals surface area (Å²) in [4.78, 5) is 9.38. The molecule has 0 radical (unpaired) electrons. The van der Waals surface area contributed by atoms with Gasteiger partial charge in [0.1, 0.15) is 0 Å². The van der Waals surface area contributed by atoms with E-state index < -0.39 is 6.16 Å². The molecule has 0 aliphatic heterocycles. The van der Waals surface area contributed by atoms with Gasteiger partial charge in [0.25, 0.3) is 0 Å². The van der Waals surface area contributed by atoms with Gasteiger partial charge in [-0.1, -0.05) is 0 Å². The third kappa shape index (κ3) is 15.8. The smallest absolute Gasteiger partial charge is 1.00 e. The van der Waals surface area contributed by atoms with E-state index in [1.165, 1.54) is 0 Å². The topological polar surface area (TPSA) is 46.5 Å². The van der Waals surface area contributed by atoms with Gasteiger partial charge in [0.15, 0.2) is 0 Å². The maximum absolute atomic E-state index is 9.38. The molecule has 0 aliphatic rings. The normalized spacial score (nSPS) is 5.62. The Balaban J connectivity index is -0.00000000833. The van der Waals surface area contributed by atoms with Crippen molar-refractivity contribution in [3.63, 3.8) is 0 Å². The van der Waals surface area contributed by atoms with Gasteiger partial charge in [-0.15, -0.1) is 0 Å². The van der Waals surface area contributed by atoms with E-state index in [2.05, 4.69) is 4.74 Å². The monoisotopic (exact) mass is 142 g/mol. The predicted octanol–water partition coefficient (Wildman–Crippen LogP) is 0.389. The van der Waals surface area contributed by atoms with Gasteiger partial charge in [-0.2, -0.15) is 0 Å². The zero-order valence-electron chi connectivity index (χ0n) is 8.89. The van der Waals surface area contributed by atoms with Crippen LogP contribution in [0.2, 0.25) is 0 Å². The van der Waals surface area contributed by atoms with Crippen LogP contribution in [-0.2, 0) is 4.74 Å². The molecule has 0 spiro atoms. The quantitative estimate of drug-likeness (QED) is 0.426. The molecule has 0 aromatic carbocycles. The number of hydrogen-bond acceptors (Lipinski definition) is 2. The molecule has 0 atom stereocenters. The molecule has 3 nitrogen and oxygen atoms in total. The third-order valence-corrected chi connectivity index (χ3v) is 0.268. The number of rotatable bonds is 1. The molecule has 0 aromatic heterocycles. The minimum Gasteiger partial charge on any atom is -1.00 e. The molecule has 44 valence electrons. The standard InChI is InChI=1S/C3H6O3.2Mg.4H/c1-2-6-3(4)5;;;;;;/h2H2,1H3,(H,4,5);;;;;;/q;2*+2;4*-1. The van der Waals surface area contributed by atoms with Crippen molar-refractivity contribution in [3.05, 3.63) is 0 Å². The molecule has 0 amide bonds. The molecule has 8 heavy (non-hydrogen) atoms. The van der Waals surface area contributed by atoms with Gasteiger partial charge < -0.3 is 15.5 Å². The number of ether oxygens (including phenoxy) is 1. The second-order valence-corrected chi connectivity index (χ2v) is 0.699. The summed E-state index contributed by atoms with van der Waals surface area (Å²) in [5.74, 6) is 0. The van der Waals surface area contributed by atoms with Gasteiger partial charge in [0.2, 0.25) is 0 Å². The van der Waals surface area contributed by atoms with Gasteiger partial charge in [0.05, 0.1) is 6.61 Å². The Bertz CT molecular complexity index is 67.5. The first-order valence-corrected chi connectivity index (χ1v) is 1.63. The van der Waals surface area contributed by atoms with E-state index >= 15 is 0 Å². The predicted molar refractivity (Wildman–Crippen MR) is 35.6 cm³/mol. The van der Waals surface area contributed by atoms with Crippen LogP contribution in [0.4, 0.5) is 4.79 Å². The van der Waals surface area contributed by atoms with Crippen molar-refractivity contribution in [2.45, 2.75) is 6.92 Å². The van der Waals surface area contributed by atoms with Crippen LogP contribution in [0.5, 0.6) is 0 Å². The minimum absolute atomic E-state index is 0. The second-order valence-electron chi connectivity index (χ2n) is 0.699. The Kier molecular flexibility index (Phi) is 21.3. The van der Waals surface area contributed by atoms with E-state index in [1.54, 1.807) is 6.92 Å². The van der Waals surface area contributed by atoms with Crippen LogP contribution in [0.15, 0.2) is 0 Å². The van der Waals surface area contributed by atoms with Gasteiger partial charge in [-0.25, -0.2) is 4.79 Å². The molecular weight excluding hydrogens is 133 g/mol. The number of hydrogen-bond donors (Lipinski definition) is 1. The zero-order valence-corrected chi connectivity index (χ0v) is 7.71. The van der Waals surface area contributed by atoms with Crippen LogP contribution in [0.1, 0.15) is 12.6 Å². The summed E-state index contributed by atoms with van der Waals surface area (Å²) in [6.07, 6.45) is -1.21.